The lowest BCUT2D eigenvalue weighted by Gasteiger charge is -2.11. The van der Waals surface area contributed by atoms with Gasteiger partial charge in [-0.05, 0) is 55.3 Å². The fourth-order valence-corrected chi connectivity index (χ4v) is 2.15. The maximum absolute atomic E-state index is 5.97. The van der Waals surface area contributed by atoms with E-state index in [1.165, 1.54) is 11.1 Å². The standard InChI is InChI=1S/C16H18ClNO/c1-3-19-15-7-8-16(12(2)9-15)18-11-13-5-4-6-14(17)10-13/h4-10,18H,3,11H2,1-2H3. The highest BCUT2D eigenvalue weighted by molar-refractivity contribution is 6.30. The number of hydrogen-bond donors (Lipinski definition) is 1. The van der Waals surface area contributed by atoms with Crippen molar-refractivity contribution >= 4 is 17.3 Å². The summed E-state index contributed by atoms with van der Waals surface area (Å²) < 4.78 is 5.47. The van der Waals surface area contributed by atoms with Crippen LogP contribution in [-0.2, 0) is 6.54 Å². The lowest BCUT2D eigenvalue weighted by Crippen LogP contribution is -2.01. The Hall–Kier alpha value is -1.67. The van der Waals surface area contributed by atoms with Crippen molar-refractivity contribution in [1.82, 2.24) is 0 Å². The zero-order valence-electron chi connectivity index (χ0n) is 11.2. The first-order chi connectivity index (χ1) is 9.19. The molecule has 0 spiro atoms. The van der Waals surface area contributed by atoms with E-state index in [1.54, 1.807) is 0 Å². The summed E-state index contributed by atoms with van der Waals surface area (Å²) in [6.45, 7) is 5.51. The van der Waals surface area contributed by atoms with E-state index in [1.807, 2.05) is 43.3 Å². The van der Waals surface area contributed by atoms with Gasteiger partial charge in [-0.3, -0.25) is 0 Å². The first kappa shape index (κ1) is 13.8. The fraction of sp³-hybridized carbons (Fsp3) is 0.250. The Balaban J connectivity index is 2.03. The van der Waals surface area contributed by atoms with Crippen LogP contribution in [0, 0.1) is 6.92 Å². The van der Waals surface area contributed by atoms with Crippen molar-refractivity contribution in [3.8, 4) is 5.75 Å². The van der Waals surface area contributed by atoms with Crippen LogP contribution in [0.5, 0.6) is 5.75 Å². The monoisotopic (exact) mass is 275 g/mol. The van der Waals surface area contributed by atoms with E-state index in [-0.39, 0.29) is 0 Å². The third-order valence-corrected chi connectivity index (χ3v) is 3.12. The number of nitrogens with one attached hydrogen (secondary N) is 1. The van der Waals surface area contributed by atoms with Gasteiger partial charge in [-0.1, -0.05) is 23.7 Å². The van der Waals surface area contributed by atoms with E-state index in [4.69, 9.17) is 16.3 Å². The van der Waals surface area contributed by atoms with Crippen LogP contribution < -0.4 is 10.1 Å². The minimum atomic E-state index is 0.689. The quantitative estimate of drug-likeness (QED) is 0.857. The van der Waals surface area contributed by atoms with Crippen LogP contribution in [0.25, 0.3) is 0 Å². The molecule has 100 valence electrons. The second-order valence-corrected chi connectivity index (χ2v) is 4.83. The maximum Gasteiger partial charge on any atom is 0.119 e. The van der Waals surface area contributed by atoms with Crippen LogP contribution in [0.1, 0.15) is 18.1 Å². The summed E-state index contributed by atoms with van der Waals surface area (Å²) in [5.41, 5.74) is 3.46. The van der Waals surface area contributed by atoms with Crippen molar-refractivity contribution in [2.45, 2.75) is 20.4 Å². The van der Waals surface area contributed by atoms with Crippen molar-refractivity contribution in [3.05, 3.63) is 58.6 Å². The molecule has 0 atom stereocenters. The normalized spacial score (nSPS) is 10.3. The van der Waals surface area contributed by atoms with Crippen molar-refractivity contribution < 1.29 is 4.74 Å². The molecule has 0 aliphatic carbocycles. The SMILES string of the molecule is CCOc1ccc(NCc2cccc(Cl)c2)c(C)c1. The molecule has 2 aromatic carbocycles. The van der Waals surface area contributed by atoms with Gasteiger partial charge in [0.2, 0.25) is 0 Å². The van der Waals surface area contributed by atoms with Crippen LogP contribution in [0.15, 0.2) is 42.5 Å². The van der Waals surface area contributed by atoms with Crippen molar-refractivity contribution in [1.29, 1.82) is 0 Å². The molecule has 2 rings (SSSR count). The van der Waals surface area contributed by atoms with E-state index >= 15 is 0 Å². The molecule has 0 aliphatic rings. The molecule has 0 heterocycles. The molecule has 19 heavy (non-hydrogen) atoms. The minimum absolute atomic E-state index is 0.689. The lowest BCUT2D eigenvalue weighted by molar-refractivity contribution is 0.340. The van der Waals surface area contributed by atoms with Gasteiger partial charge in [0.15, 0.2) is 0 Å². The Kier molecular flexibility index (Phi) is 4.69. The molecule has 2 aromatic rings. The number of hydrogen-bond acceptors (Lipinski definition) is 2. The van der Waals surface area contributed by atoms with Gasteiger partial charge in [0.25, 0.3) is 0 Å². The minimum Gasteiger partial charge on any atom is -0.494 e. The zero-order valence-corrected chi connectivity index (χ0v) is 12.0. The maximum atomic E-state index is 5.97. The number of halogens is 1. The topological polar surface area (TPSA) is 21.3 Å². The predicted octanol–water partition coefficient (Wildman–Crippen LogP) is 4.66. The molecule has 3 heteroatoms. The molecule has 0 aromatic heterocycles. The zero-order chi connectivity index (χ0) is 13.7. The second-order valence-electron chi connectivity index (χ2n) is 4.39. The lowest BCUT2D eigenvalue weighted by atomic mass is 10.1. The Bertz CT molecular complexity index is 554. The molecule has 0 aliphatic heterocycles. The van der Waals surface area contributed by atoms with E-state index < -0.39 is 0 Å². The van der Waals surface area contributed by atoms with Gasteiger partial charge in [0.1, 0.15) is 5.75 Å². The smallest absolute Gasteiger partial charge is 0.119 e. The van der Waals surface area contributed by atoms with E-state index in [0.29, 0.717) is 6.61 Å². The molecular weight excluding hydrogens is 258 g/mol. The molecule has 2 nitrogen and oxygen atoms in total. The average molecular weight is 276 g/mol. The molecule has 0 unspecified atom stereocenters. The highest BCUT2D eigenvalue weighted by Crippen LogP contribution is 2.22. The van der Waals surface area contributed by atoms with Gasteiger partial charge in [0, 0.05) is 17.3 Å². The Morgan fingerprint density at radius 2 is 2.00 bits per heavy atom. The first-order valence-corrected chi connectivity index (χ1v) is 6.78. The van der Waals surface area contributed by atoms with Gasteiger partial charge >= 0.3 is 0 Å². The summed E-state index contributed by atoms with van der Waals surface area (Å²) in [5.74, 6) is 0.910. The summed E-state index contributed by atoms with van der Waals surface area (Å²) >= 11 is 5.97. The number of benzene rings is 2. The van der Waals surface area contributed by atoms with Gasteiger partial charge in [-0.25, -0.2) is 0 Å². The molecule has 0 bridgehead atoms. The largest absolute Gasteiger partial charge is 0.494 e. The third kappa shape index (κ3) is 3.90. The molecule has 1 N–H and O–H groups in total. The Morgan fingerprint density at radius 3 is 2.68 bits per heavy atom. The molecule has 0 fully saturated rings. The van der Waals surface area contributed by atoms with Crippen molar-refractivity contribution in [2.24, 2.45) is 0 Å². The molecular formula is C16H18ClNO. The summed E-state index contributed by atoms with van der Waals surface area (Å²) in [5, 5.41) is 4.18. The van der Waals surface area contributed by atoms with E-state index in [0.717, 1.165) is 23.0 Å². The van der Waals surface area contributed by atoms with Crippen LogP contribution in [0.2, 0.25) is 5.02 Å². The summed E-state index contributed by atoms with van der Waals surface area (Å²) in [6, 6.07) is 13.9. The van der Waals surface area contributed by atoms with Gasteiger partial charge < -0.3 is 10.1 Å². The second kappa shape index (κ2) is 6.48. The molecule has 0 saturated heterocycles. The van der Waals surface area contributed by atoms with E-state index in [2.05, 4.69) is 18.3 Å². The van der Waals surface area contributed by atoms with Crippen molar-refractivity contribution in [2.75, 3.05) is 11.9 Å². The number of ether oxygens (including phenoxy) is 1. The van der Waals surface area contributed by atoms with Crippen LogP contribution in [0.3, 0.4) is 0 Å². The van der Waals surface area contributed by atoms with Crippen molar-refractivity contribution in [3.63, 3.8) is 0 Å². The average Bonchev–Trinajstić information content (AvgIpc) is 2.38. The fourth-order valence-electron chi connectivity index (χ4n) is 1.94. The molecule has 0 saturated carbocycles. The Labute approximate surface area is 119 Å². The van der Waals surface area contributed by atoms with Gasteiger partial charge in [-0.15, -0.1) is 0 Å². The highest BCUT2D eigenvalue weighted by atomic mass is 35.5. The molecule has 0 radical (unpaired) electrons. The van der Waals surface area contributed by atoms with E-state index in [9.17, 15) is 0 Å². The number of anilines is 1. The highest BCUT2D eigenvalue weighted by Gasteiger charge is 2.01. The number of aryl methyl sites for hydroxylation is 1. The Morgan fingerprint density at radius 1 is 1.16 bits per heavy atom. The predicted molar refractivity (Wildman–Crippen MR) is 81.1 cm³/mol. The molecule has 0 amide bonds. The summed E-state index contributed by atoms with van der Waals surface area (Å²) in [7, 11) is 0. The van der Waals surface area contributed by atoms with Gasteiger partial charge in [0.05, 0.1) is 6.61 Å². The van der Waals surface area contributed by atoms with Crippen LogP contribution in [-0.4, -0.2) is 6.61 Å². The summed E-state index contributed by atoms with van der Waals surface area (Å²) in [4.78, 5) is 0. The summed E-state index contributed by atoms with van der Waals surface area (Å²) in [6.07, 6.45) is 0. The van der Waals surface area contributed by atoms with Crippen LogP contribution >= 0.6 is 11.6 Å². The number of rotatable bonds is 5. The third-order valence-electron chi connectivity index (χ3n) is 2.88. The first-order valence-electron chi connectivity index (χ1n) is 6.41. The van der Waals surface area contributed by atoms with Crippen LogP contribution in [0.4, 0.5) is 5.69 Å². The van der Waals surface area contributed by atoms with Gasteiger partial charge in [-0.2, -0.15) is 0 Å².